The molecule has 0 amide bonds. The molecule has 0 bridgehead atoms. The fraction of sp³-hybridized carbons (Fsp3) is 0.562. The molecular formula is C16H24N2O4. The second-order valence-corrected chi connectivity index (χ2v) is 6.14. The third-order valence-electron chi connectivity index (χ3n) is 4.19. The van der Waals surface area contributed by atoms with Crippen LogP contribution in [0, 0.1) is 0 Å². The minimum Gasteiger partial charge on any atom is -0.504 e. The SMILES string of the molecule is CC(Cc1ccc(O)c(O)c1)(NN)C(=O)OC1CCCCC1. The quantitative estimate of drug-likeness (QED) is 0.286. The van der Waals surface area contributed by atoms with E-state index in [4.69, 9.17) is 10.6 Å². The summed E-state index contributed by atoms with van der Waals surface area (Å²) in [6, 6.07) is 4.44. The average Bonchev–Trinajstić information content (AvgIpc) is 2.52. The smallest absolute Gasteiger partial charge is 0.327 e. The number of rotatable bonds is 5. The lowest BCUT2D eigenvalue weighted by molar-refractivity contribution is -0.158. The van der Waals surface area contributed by atoms with Gasteiger partial charge in [0.25, 0.3) is 0 Å². The van der Waals surface area contributed by atoms with Gasteiger partial charge in [0.05, 0.1) is 0 Å². The maximum atomic E-state index is 12.4. The number of esters is 1. The first kappa shape index (κ1) is 16.6. The van der Waals surface area contributed by atoms with E-state index in [9.17, 15) is 15.0 Å². The second-order valence-electron chi connectivity index (χ2n) is 6.14. The standard InChI is InChI=1S/C16H24N2O4/c1-16(18-17,10-11-7-8-13(19)14(20)9-11)15(21)22-12-5-3-2-4-6-12/h7-9,12,18-20H,2-6,10,17H2,1H3. The van der Waals surface area contributed by atoms with Gasteiger partial charge in [-0.1, -0.05) is 12.5 Å². The number of hydrazine groups is 1. The summed E-state index contributed by atoms with van der Waals surface area (Å²) in [5, 5.41) is 18.9. The fourth-order valence-corrected chi connectivity index (χ4v) is 2.73. The Morgan fingerprint density at radius 2 is 2.00 bits per heavy atom. The van der Waals surface area contributed by atoms with Crippen molar-refractivity contribution in [3.63, 3.8) is 0 Å². The van der Waals surface area contributed by atoms with E-state index in [0.717, 1.165) is 25.7 Å². The number of carbonyl (C=O) groups is 1. The molecule has 1 aromatic carbocycles. The molecule has 1 saturated carbocycles. The molecule has 122 valence electrons. The molecule has 0 aromatic heterocycles. The lowest BCUT2D eigenvalue weighted by Crippen LogP contribution is -2.56. The van der Waals surface area contributed by atoms with Crippen molar-refractivity contribution in [1.29, 1.82) is 0 Å². The van der Waals surface area contributed by atoms with Gasteiger partial charge in [0.1, 0.15) is 11.6 Å². The Kier molecular flexibility index (Phi) is 5.26. The van der Waals surface area contributed by atoms with Crippen molar-refractivity contribution in [2.45, 2.75) is 57.1 Å². The topological polar surface area (TPSA) is 105 Å². The van der Waals surface area contributed by atoms with Crippen molar-refractivity contribution in [2.24, 2.45) is 5.84 Å². The number of aromatic hydroxyl groups is 2. The van der Waals surface area contributed by atoms with E-state index in [-0.39, 0.29) is 24.0 Å². The lowest BCUT2D eigenvalue weighted by Gasteiger charge is -2.30. The molecule has 0 aliphatic heterocycles. The Balaban J connectivity index is 2.05. The summed E-state index contributed by atoms with van der Waals surface area (Å²) >= 11 is 0. The van der Waals surface area contributed by atoms with Crippen molar-refractivity contribution >= 4 is 5.97 Å². The molecule has 0 radical (unpaired) electrons. The summed E-state index contributed by atoms with van der Waals surface area (Å²) in [5.41, 5.74) is 2.13. The maximum absolute atomic E-state index is 12.4. The molecule has 2 rings (SSSR count). The molecule has 0 heterocycles. The van der Waals surface area contributed by atoms with Gasteiger partial charge in [0.2, 0.25) is 0 Å². The minimum absolute atomic E-state index is 0.0397. The summed E-state index contributed by atoms with van der Waals surface area (Å²) in [7, 11) is 0. The van der Waals surface area contributed by atoms with Crippen LogP contribution in [0.5, 0.6) is 11.5 Å². The number of carbonyl (C=O) groups excluding carboxylic acids is 1. The van der Waals surface area contributed by atoms with Crippen LogP contribution in [-0.2, 0) is 16.0 Å². The number of benzene rings is 1. The zero-order valence-corrected chi connectivity index (χ0v) is 12.8. The van der Waals surface area contributed by atoms with E-state index in [1.54, 1.807) is 13.0 Å². The molecule has 1 aliphatic carbocycles. The van der Waals surface area contributed by atoms with Crippen LogP contribution in [0.15, 0.2) is 18.2 Å². The number of ether oxygens (including phenoxy) is 1. The molecule has 1 aliphatic rings. The van der Waals surface area contributed by atoms with Gasteiger partial charge in [-0.15, -0.1) is 0 Å². The van der Waals surface area contributed by atoms with Gasteiger partial charge in [0.15, 0.2) is 11.5 Å². The summed E-state index contributed by atoms with van der Waals surface area (Å²) in [4.78, 5) is 12.4. The van der Waals surface area contributed by atoms with Gasteiger partial charge in [-0.05, 0) is 50.3 Å². The van der Waals surface area contributed by atoms with E-state index < -0.39 is 11.5 Å². The molecule has 1 aromatic rings. The van der Waals surface area contributed by atoms with E-state index in [0.29, 0.717) is 5.56 Å². The molecule has 6 nitrogen and oxygen atoms in total. The van der Waals surface area contributed by atoms with Crippen molar-refractivity contribution in [1.82, 2.24) is 5.43 Å². The fourth-order valence-electron chi connectivity index (χ4n) is 2.73. The number of nitrogens with two attached hydrogens (primary N) is 1. The monoisotopic (exact) mass is 308 g/mol. The van der Waals surface area contributed by atoms with Crippen LogP contribution < -0.4 is 11.3 Å². The lowest BCUT2D eigenvalue weighted by atomic mass is 9.92. The van der Waals surface area contributed by atoms with Crippen molar-refractivity contribution in [3.05, 3.63) is 23.8 Å². The zero-order valence-electron chi connectivity index (χ0n) is 12.8. The predicted molar refractivity (Wildman–Crippen MR) is 82.2 cm³/mol. The van der Waals surface area contributed by atoms with Crippen LogP contribution in [0.2, 0.25) is 0 Å². The van der Waals surface area contributed by atoms with E-state index in [2.05, 4.69) is 5.43 Å². The largest absolute Gasteiger partial charge is 0.504 e. The maximum Gasteiger partial charge on any atom is 0.327 e. The van der Waals surface area contributed by atoms with Gasteiger partial charge >= 0.3 is 5.97 Å². The van der Waals surface area contributed by atoms with Crippen LogP contribution in [0.1, 0.15) is 44.6 Å². The van der Waals surface area contributed by atoms with Gasteiger partial charge in [0, 0.05) is 6.42 Å². The highest BCUT2D eigenvalue weighted by Crippen LogP contribution is 2.28. The Hall–Kier alpha value is -1.79. The Morgan fingerprint density at radius 3 is 2.59 bits per heavy atom. The van der Waals surface area contributed by atoms with E-state index in [1.165, 1.54) is 18.6 Å². The number of nitrogens with one attached hydrogen (secondary N) is 1. The first-order valence-electron chi connectivity index (χ1n) is 7.64. The summed E-state index contributed by atoms with van der Waals surface area (Å²) in [6.07, 6.45) is 5.35. The first-order valence-corrected chi connectivity index (χ1v) is 7.64. The van der Waals surface area contributed by atoms with Crippen molar-refractivity contribution in [2.75, 3.05) is 0 Å². The molecule has 6 heteroatoms. The van der Waals surface area contributed by atoms with Gasteiger partial charge in [-0.3, -0.25) is 5.84 Å². The van der Waals surface area contributed by atoms with Crippen LogP contribution in [0.4, 0.5) is 0 Å². The Bertz CT molecular complexity index is 529. The van der Waals surface area contributed by atoms with Gasteiger partial charge in [-0.2, -0.15) is 0 Å². The normalized spacial score (nSPS) is 18.6. The molecule has 22 heavy (non-hydrogen) atoms. The second kappa shape index (κ2) is 6.98. The Morgan fingerprint density at radius 1 is 1.32 bits per heavy atom. The van der Waals surface area contributed by atoms with Crippen molar-refractivity contribution in [3.8, 4) is 11.5 Å². The summed E-state index contributed by atoms with van der Waals surface area (Å²) < 4.78 is 5.58. The number of phenols is 2. The summed E-state index contributed by atoms with van der Waals surface area (Å²) in [5.74, 6) is 4.75. The highest BCUT2D eigenvalue weighted by molar-refractivity contribution is 5.81. The van der Waals surface area contributed by atoms with E-state index >= 15 is 0 Å². The molecule has 1 atom stereocenters. The first-order chi connectivity index (χ1) is 10.4. The molecule has 5 N–H and O–H groups in total. The van der Waals surface area contributed by atoms with E-state index in [1.807, 2.05) is 0 Å². The molecule has 1 fully saturated rings. The number of hydrogen-bond acceptors (Lipinski definition) is 6. The van der Waals surface area contributed by atoms with Crippen LogP contribution in [0.25, 0.3) is 0 Å². The van der Waals surface area contributed by atoms with Gasteiger partial charge in [-0.25, -0.2) is 10.2 Å². The number of hydrogen-bond donors (Lipinski definition) is 4. The zero-order chi connectivity index (χ0) is 16.2. The average molecular weight is 308 g/mol. The van der Waals surface area contributed by atoms with Gasteiger partial charge < -0.3 is 14.9 Å². The van der Waals surface area contributed by atoms with Crippen molar-refractivity contribution < 1.29 is 19.7 Å². The third-order valence-corrected chi connectivity index (χ3v) is 4.19. The molecule has 0 saturated heterocycles. The predicted octanol–water partition coefficient (Wildman–Crippen LogP) is 1.74. The van der Waals surface area contributed by atoms with Crippen LogP contribution in [0.3, 0.4) is 0 Å². The van der Waals surface area contributed by atoms with Crippen LogP contribution >= 0.6 is 0 Å². The number of phenolic OH excluding ortho intramolecular Hbond substituents is 2. The molecule has 0 spiro atoms. The molecule has 1 unspecified atom stereocenters. The highest BCUT2D eigenvalue weighted by atomic mass is 16.5. The Labute approximate surface area is 130 Å². The third kappa shape index (κ3) is 3.90. The summed E-state index contributed by atoms with van der Waals surface area (Å²) in [6.45, 7) is 1.67. The van der Waals surface area contributed by atoms with Crippen LogP contribution in [-0.4, -0.2) is 27.8 Å². The molecular weight excluding hydrogens is 284 g/mol. The highest BCUT2D eigenvalue weighted by Gasteiger charge is 2.36. The minimum atomic E-state index is -1.08.